The lowest BCUT2D eigenvalue weighted by atomic mass is 9.88. The number of carbonyl (C=O) groups excluding carboxylic acids is 1. The highest BCUT2D eigenvalue weighted by Gasteiger charge is 2.27. The van der Waals surface area contributed by atoms with Crippen LogP contribution < -0.4 is 4.74 Å². The van der Waals surface area contributed by atoms with Crippen molar-refractivity contribution in [3.05, 3.63) is 93.8 Å². The molecule has 3 aromatic carbocycles. The molecule has 0 bridgehead atoms. The van der Waals surface area contributed by atoms with E-state index in [1.165, 1.54) is 32.7 Å². The third-order valence-corrected chi connectivity index (χ3v) is 7.21. The summed E-state index contributed by atoms with van der Waals surface area (Å²) in [7, 11) is 4.96. The maximum absolute atomic E-state index is 12.4. The number of halogens is 1. The van der Waals surface area contributed by atoms with Crippen LogP contribution in [-0.4, -0.2) is 37.0 Å². The molecule has 5 nitrogen and oxygen atoms in total. The van der Waals surface area contributed by atoms with Crippen LogP contribution in [0.25, 0.3) is 33.4 Å². The molecule has 37 heavy (non-hydrogen) atoms. The van der Waals surface area contributed by atoms with Gasteiger partial charge in [0.2, 0.25) is 0 Å². The molecule has 5 rings (SSSR count). The molecule has 1 aromatic heterocycles. The molecule has 1 aliphatic rings. The molecule has 0 atom stereocenters. The van der Waals surface area contributed by atoms with Gasteiger partial charge >= 0.3 is 0 Å². The predicted octanol–water partition coefficient (Wildman–Crippen LogP) is 6.78. The van der Waals surface area contributed by atoms with Gasteiger partial charge in [0.15, 0.2) is 0 Å². The maximum Gasteiger partial charge on any atom is 0.271 e. The third-order valence-electron chi connectivity index (χ3n) is 6.91. The number of amides is 1. The Morgan fingerprint density at radius 2 is 1.81 bits per heavy atom. The van der Waals surface area contributed by atoms with Crippen molar-refractivity contribution in [1.82, 2.24) is 9.88 Å². The highest BCUT2D eigenvalue weighted by atomic mass is 35.5. The summed E-state index contributed by atoms with van der Waals surface area (Å²) in [5.74, 6) is 0.359. The zero-order valence-corrected chi connectivity index (χ0v) is 22.0. The molecule has 0 radical (unpaired) electrons. The van der Waals surface area contributed by atoms with E-state index in [0.29, 0.717) is 33.2 Å². The molecule has 0 saturated carbocycles. The average Bonchev–Trinajstić information content (AvgIpc) is 3.30. The van der Waals surface area contributed by atoms with Crippen LogP contribution in [0, 0.1) is 11.3 Å². The number of ether oxygens (including phenoxy) is 1. The summed E-state index contributed by atoms with van der Waals surface area (Å²) in [6.45, 7) is 2.14. The maximum atomic E-state index is 12.4. The zero-order chi connectivity index (χ0) is 26.3. The van der Waals surface area contributed by atoms with Crippen molar-refractivity contribution in [2.75, 3.05) is 21.2 Å². The monoisotopic (exact) mass is 507 g/mol. The van der Waals surface area contributed by atoms with E-state index >= 15 is 0 Å². The van der Waals surface area contributed by atoms with Crippen LogP contribution in [-0.2, 0) is 12.8 Å². The summed E-state index contributed by atoms with van der Waals surface area (Å²) in [4.78, 5) is 18.2. The molecular formula is C31H26ClN3O2. The fourth-order valence-corrected chi connectivity index (χ4v) is 5.31. The Labute approximate surface area is 221 Å². The molecule has 0 fully saturated rings. The van der Waals surface area contributed by atoms with Gasteiger partial charge < -0.3 is 9.64 Å². The van der Waals surface area contributed by atoms with Crippen LogP contribution >= 0.6 is 11.6 Å². The Hall–Kier alpha value is -4.14. The summed E-state index contributed by atoms with van der Waals surface area (Å²) >= 11 is 6.74. The lowest BCUT2D eigenvalue weighted by Gasteiger charge is -2.20. The summed E-state index contributed by atoms with van der Waals surface area (Å²) in [5.41, 5.74) is 9.90. The molecule has 0 aliphatic heterocycles. The molecule has 0 N–H and O–H groups in total. The van der Waals surface area contributed by atoms with Gasteiger partial charge in [0.05, 0.1) is 17.7 Å². The Morgan fingerprint density at radius 1 is 1.08 bits per heavy atom. The van der Waals surface area contributed by atoms with Gasteiger partial charge in [0.25, 0.3) is 5.91 Å². The smallest absolute Gasteiger partial charge is 0.271 e. The molecular weight excluding hydrogens is 482 g/mol. The highest BCUT2D eigenvalue weighted by molar-refractivity contribution is 6.32. The van der Waals surface area contributed by atoms with Gasteiger partial charge in [-0.05, 0) is 58.4 Å². The Bertz CT molecular complexity index is 1580. The van der Waals surface area contributed by atoms with Gasteiger partial charge in [-0.1, -0.05) is 61.0 Å². The van der Waals surface area contributed by atoms with E-state index in [4.69, 9.17) is 16.3 Å². The lowest BCUT2D eigenvalue weighted by molar-refractivity contribution is 0.0822. The highest BCUT2D eigenvalue weighted by Crippen LogP contribution is 2.49. The average molecular weight is 508 g/mol. The van der Waals surface area contributed by atoms with Crippen LogP contribution in [0.1, 0.15) is 39.7 Å². The first-order valence-electron chi connectivity index (χ1n) is 12.1. The van der Waals surface area contributed by atoms with E-state index in [9.17, 15) is 10.1 Å². The Balaban J connectivity index is 1.76. The minimum Gasteiger partial charge on any atom is -0.495 e. The van der Waals surface area contributed by atoms with E-state index in [0.717, 1.165) is 24.0 Å². The number of methoxy groups -OCH3 is 1. The van der Waals surface area contributed by atoms with Gasteiger partial charge in [-0.25, -0.2) is 0 Å². The van der Waals surface area contributed by atoms with Gasteiger partial charge in [-0.2, -0.15) is 5.26 Å². The second-order valence-corrected chi connectivity index (χ2v) is 9.70. The molecule has 0 saturated heterocycles. The first kappa shape index (κ1) is 24.5. The molecule has 1 aliphatic carbocycles. The quantitative estimate of drug-likeness (QED) is 0.263. The minimum absolute atomic E-state index is 0.197. The molecule has 0 unspecified atom stereocenters. The second kappa shape index (κ2) is 9.72. The zero-order valence-electron chi connectivity index (χ0n) is 21.2. The van der Waals surface area contributed by atoms with Gasteiger partial charge in [-0.15, -0.1) is 0 Å². The number of rotatable bonds is 5. The van der Waals surface area contributed by atoms with Crippen molar-refractivity contribution in [3.63, 3.8) is 0 Å². The van der Waals surface area contributed by atoms with Crippen LogP contribution in [0.2, 0.25) is 5.02 Å². The Kier molecular flexibility index (Phi) is 6.45. The van der Waals surface area contributed by atoms with Gasteiger partial charge in [0, 0.05) is 37.0 Å². The number of fused-ring (bicyclic) bond motifs is 3. The topological polar surface area (TPSA) is 66.2 Å². The third kappa shape index (κ3) is 4.14. The number of pyridine rings is 1. The van der Waals surface area contributed by atoms with E-state index in [2.05, 4.69) is 54.4 Å². The number of nitriles is 1. The molecule has 1 amide bonds. The molecule has 4 aromatic rings. The largest absolute Gasteiger partial charge is 0.495 e. The number of nitrogens with zero attached hydrogens (tertiary/aromatic N) is 3. The van der Waals surface area contributed by atoms with E-state index < -0.39 is 0 Å². The Morgan fingerprint density at radius 3 is 2.43 bits per heavy atom. The number of aryl methyl sites for hydroxylation is 1. The van der Waals surface area contributed by atoms with Crippen molar-refractivity contribution < 1.29 is 9.53 Å². The summed E-state index contributed by atoms with van der Waals surface area (Å²) in [5, 5.41) is 10.4. The SMILES string of the molecule is CCc1cc2c(c(-c3cc(Cl)c(C#N)c(-c4ccc(C(=O)N(C)C)nc4)c3OC)c1)Cc1ccccc1-2. The van der Waals surface area contributed by atoms with Crippen molar-refractivity contribution in [3.8, 4) is 45.2 Å². The summed E-state index contributed by atoms with van der Waals surface area (Å²) in [6, 6.07) is 20.5. The van der Waals surface area contributed by atoms with Crippen LogP contribution in [0.3, 0.4) is 0 Å². The van der Waals surface area contributed by atoms with Crippen molar-refractivity contribution >= 4 is 17.5 Å². The summed E-state index contributed by atoms with van der Waals surface area (Å²) < 4.78 is 6.00. The number of aromatic nitrogens is 1. The van der Waals surface area contributed by atoms with Crippen LogP contribution in [0.4, 0.5) is 0 Å². The molecule has 1 heterocycles. The number of carbonyl (C=O) groups is 1. The molecule has 0 spiro atoms. The number of hydrogen-bond acceptors (Lipinski definition) is 4. The standard InChI is InChI=1S/C31H26ClN3O2/c1-5-18-12-22-21-9-7-6-8-19(21)14-24(22)23(13-18)25-15-27(32)26(16-33)29(30(25)37-4)20-10-11-28(34-17-20)31(36)35(2)3/h6-13,15,17H,5,14H2,1-4H3. The number of hydrogen-bond donors (Lipinski definition) is 0. The minimum atomic E-state index is -0.197. The fraction of sp³-hybridized carbons (Fsp3) is 0.194. The van der Waals surface area contributed by atoms with Crippen molar-refractivity contribution in [1.29, 1.82) is 5.26 Å². The lowest BCUT2D eigenvalue weighted by Crippen LogP contribution is -2.22. The normalized spacial score (nSPS) is 11.5. The predicted molar refractivity (Wildman–Crippen MR) is 147 cm³/mol. The first-order valence-corrected chi connectivity index (χ1v) is 12.5. The second-order valence-electron chi connectivity index (χ2n) is 9.29. The van der Waals surface area contributed by atoms with E-state index in [-0.39, 0.29) is 5.91 Å². The fourth-order valence-electron chi connectivity index (χ4n) is 5.06. The van der Waals surface area contributed by atoms with E-state index in [1.807, 2.05) is 6.07 Å². The molecule has 6 heteroatoms. The molecule has 184 valence electrons. The van der Waals surface area contributed by atoms with Crippen molar-refractivity contribution in [2.24, 2.45) is 0 Å². The first-order chi connectivity index (χ1) is 17.9. The van der Waals surface area contributed by atoms with E-state index in [1.54, 1.807) is 39.5 Å². The van der Waals surface area contributed by atoms with Crippen molar-refractivity contribution in [2.45, 2.75) is 19.8 Å². The van der Waals surface area contributed by atoms with Crippen LogP contribution in [0.15, 0.2) is 60.8 Å². The van der Waals surface area contributed by atoms with Gasteiger partial charge in [0.1, 0.15) is 17.5 Å². The van der Waals surface area contributed by atoms with Gasteiger partial charge in [-0.3, -0.25) is 9.78 Å². The number of benzene rings is 3. The summed E-state index contributed by atoms with van der Waals surface area (Å²) in [6.07, 6.45) is 3.29. The van der Waals surface area contributed by atoms with Crippen LogP contribution in [0.5, 0.6) is 5.75 Å².